The summed E-state index contributed by atoms with van der Waals surface area (Å²) in [5, 5.41) is 6.85. The number of fused-ring (bicyclic) bond motifs is 1. The van der Waals surface area contributed by atoms with Crippen molar-refractivity contribution in [2.75, 3.05) is 26.4 Å². The van der Waals surface area contributed by atoms with Gasteiger partial charge in [0.1, 0.15) is 0 Å². The molecule has 0 aliphatic carbocycles. The summed E-state index contributed by atoms with van der Waals surface area (Å²) in [6, 6.07) is 4.36. The summed E-state index contributed by atoms with van der Waals surface area (Å²) in [4.78, 5) is 0. The molecule has 1 fully saturated rings. The zero-order valence-corrected chi connectivity index (χ0v) is 10.3. The molecule has 2 aliphatic heterocycles. The van der Waals surface area contributed by atoms with Gasteiger partial charge in [-0.3, -0.25) is 0 Å². The molecule has 4 nitrogen and oxygen atoms in total. The summed E-state index contributed by atoms with van der Waals surface area (Å²) in [5.74, 6) is 1.66. The summed E-state index contributed by atoms with van der Waals surface area (Å²) in [5.41, 5.74) is 1.22. The summed E-state index contributed by atoms with van der Waals surface area (Å²) < 4.78 is 11.8. The molecular weight excluding hydrogens is 272 g/mol. The molecule has 0 aromatic heterocycles. The maximum absolute atomic E-state index is 5.39. The van der Waals surface area contributed by atoms with Crippen LogP contribution in [0.3, 0.4) is 0 Å². The molecule has 0 amide bonds. The van der Waals surface area contributed by atoms with E-state index < -0.39 is 0 Å². The highest BCUT2D eigenvalue weighted by atomic mass is 79.9. The predicted molar refractivity (Wildman–Crippen MR) is 63.9 cm³/mol. The van der Waals surface area contributed by atoms with Gasteiger partial charge in [0.05, 0.1) is 0 Å². The zero-order chi connectivity index (χ0) is 11.0. The molecule has 0 unspecified atom stereocenters. The summed E-state index contributed by atoms with van der Waals surface area (Å²) in [6.07, 6.45) is 0. The molecule has 3 rings (SSSR count). The van der Waals surface area contributed by atoms with Crippen LogP contribution in [-0.2, 0) is 0 Å². The second-order valence-electron chi connectivity index (χ2n) is 3.94. The van der Waals surface area contributed by atoms with Crippen LogP contribution in [-0.4, -0.2) is 26.4 Å². The Balaban J connectivity index is 1.94. The molecule has 86 valence electrons. The Morgan fingerprint density at radius 1 is 1.19 bits per heavy atom. The Kier molecular flexibility index (Phi) is 2.75. The van der Waals surface area contributed by atoms with Crippen molar-refractivity contribution in [3.63, 3.8) is 0 Å². The fourth-order valence-electron chi connectivity index (χ4n) is 2.07. The molecule has 5 heteroatoms. The fraction of sp³-hybridized carbons (Fsp3) is 0.455. The maximum Gasteiger partial charge on any atom is 0.231 e. The number of ether oxygens (including phenoxy) is 2. The van der Waals surface area contributed by atoms with E-state index in [1.54, 1.807) is 0 Å². The van der Waals surface area contributed by atoms with Crippen LogP contribution in [0, 0.1) is 0 Å². The van der Waals surface area contributed by atoms with E-state index in [4.69, 9.17) is 9.47 Å². The van der Waals surface area contributed by atoms with Gasteiger partial charge in [-0.15, -0.1) is 0 Å². The molecule has 0 spiro atoms. The molecule has 0 radical (unpaired) electrons. The highest BCUT2D eigenvalue weighted by Gasteiger charge is 2.22. The molecule has 0 saturated carbocycles. The molecular formula is C11H13BrN2O2. The van der Waals surface area contributed by atoms with Gasteiger partial charge in [0, 0.05) is 30.1 Å². The minimum Gasteiger partial charge on any atom is -0.454 e. The molecule has 1 aromatic carbocycles. The van der Waals surface area contributed by atoms with Crippen LogP contribution in [0.1, 0.15) is 11.6 Å². The van der Waals surface area contributed by atoms with Crippen LogP contribution in [0.4, 0.5) is 0 Å². The lowest BCUT2D eigenvalue weighted by molar-refractivity contribution is 0.174. The van der Waals surface area contributed by atoms with E-state index in [9.17, 15) is 0 Å². The van der Waals surface area contributed by atoms with E-state index in [1.807, 2.05) is 6.07 Å². The van der Waals surface area contributed by atoms with Gasteiger partial charge in [-0.1, -0.05) is 15.9 Å². The topological polar surface area (TPSA) is 42.5 Å². The van der Waals surface area contributed by atoms with E-state index in [1.165, 1.54) is 5.56 Å². The number of nitrogens with one attached hydrogen (secondary N) is 2. The van der Waals surface area contributed by atoms with Gasteiger partial charge in [0.25, 0.3) is 0 Å². The van der Waals surface area contributed by atoms with Crippen molar-refractivity contribution >= 4 is 15.9 Å². The van der Waals surface area contributed by atoms with Crippen molar-refractivity contribution in [3.8, 4) is 11.5 Å². The van der Waals surface area contributed by atoms with Gasteiger partial charge < -0.3 is 20.1 Å². The molecule has 2 aliphatic rings. The van der Waals surface area contributed by atoms with Crippen molar-refractivity contribution in [2.24, 2.45) is 0 Å². The number of benzene rings is 1. The van der Waals surface area contributed by atoms with E-state index >= 15 is 0 Å². The van der Waals surface area contributed by atoms with Crippen LogP contribution in [0.25, 0.3) is 0 Å². The van der Waals surface area contributed by atoms with E-state index in [0.717, 1.165) is 35.6 Å². The predicted octanol–water partition coefficient (Wildman–Crippen LogP) is 1.41. The first-order chi connectivity index (χ1) is 7.84. The summed E-state index contributed by atoms with van der Waals surface area (Å²) in [7, 11) is 0. The van der Waals surface area contributed by atoms with Crippen LogP contribution in [0.5, 0.6) is 11.5 Å². The van der Waals surface area contributed by atoms with Crippen molar-refractivity contribution in [1.29, 1.82) is 0 Å². The number of hydrogen-bond donors (Lipinski definition) is 2. The average Bonchev–Trinajstić information content (AvgIpc) is 2.76. The molecule has 2 N–H and O–H groups in total. The largest absolute Gasteiger partial charge is 0.454 e. The van der Waals surface area contributed by atoms with Gasteiger partial charge in [-0.2, -0.15) is 0 Å². The molecule has 1 atom stereocenters. The third-order valence-electron chi connectivity index (χ3n) is 2.91. The third kappa shape index (κ3) is 1.79. The standard InChI is InChI=1S/C11H13BrN2O2/c12-8-4-11-10(15-6-16-11)3-7(8)9-5-13-1-2-14-9/h3-4,9,13-14H,1-2,5-6H2/t9-/m1/s1. The van der Waals surface area contributed by atoms with Gasteiger partial charge in [0.15, 0.2) is 11.5 Å². The first-order valence-corrected chi connectivity index (χ1v) is 6.17. The monoisotopic (exact) mass is 284 g/mol. The highest BCUT2D eigenvalue weighted by molar-refractivity contribution is 9.10. The first kappa shape index (κ1) is 10.4. The Hall–Kier alpha value is -0.780. The average molecular weight is 285 g/mol. The minimum atomic E-state index is 0.321. The number of piperazine rings is 1. The van der Waals surface area contributed by atoms with Gasteiger partial charge in [-0.05, 0) is 17.7 Å². The van der Waals surface area contributed by atoms with Gasteiger partial charge in [0.2, 0.25) is 6.79 Å². The number of hydrogen-bond acceptors (Lipinski definition) is 4. The fourth-order valence-corrected chi connectivity index (χ4v) is 2.67. The number of halogens is 1. The van der Waals surface area contributed by atoms with Crippen molar-refractivity contribution in [3.05, 3.63) is 22.2 Å². The Bertz CT molecular complexity index is 405. The highest BCUT2D eigenvalue weighted by Crippen LogP contribution is 2.39. The number of rotatable bonds is 1. The molecule has 0 bridgehead atoms. The first-order valence-electron chi connectivity index (χ1n) is 5.38. The van der Waals surface area contributed by atoms with Crippen molar-refractivity contribution < 1.29 is 9.47 Å². The van der Waals surface area contributed by atoms with E-state index in [-0.39, 0.29) is 0 Å². The Morgan fingerprint density at radius 3 is 2.75 bits per heavy atom. The summed E-state index contributed by atoms with van der Waals surface area (Å²) >= 11 is 3.58. The van der Waals surface area contributed by atoms with Crippen LogP contribution < -0.4 is 20.1 Å². The van der Waals surface area contributed by atoms with Crippen LogP contribution in [0.2, 0.25) is 0 Å². The lowest BCUT2D eigenvalue weighted by Crippen LogP contribution is -2.42. The smallest absolute Gasteiger partial charge is 0.231 e. The second-order valence-corrected chi connectivity index (χ2v) is 4.79. The van der Waals surface area contributed by atoms with Crippen molar-refractivity contribution in [2.45, 2.75) is 6.04 Å². The maximum atomic E-state index is 5.39. The van der Waals surface area contributed by atoms with Crippen LogP contribution >= 0.6 is 15.9 Å². The van der Waals surface area contributed by atoms with Gasteiger partial charge in [-0.25, -0.2) is 0 Å². The second kappa shape index (κ2) is 4.24. The molecule has 1 saturated heterocycles. The van der Waals surface area contributed by atoms with Gasteiger partial charge >= 0.3 is 0 Å². The SMILES string of the molecule is Brc1cc2c(cc1[C@H]1CNCCN1)OCO2. The van der Waals surface area contributed by atoms with E-state index in [0.29, 0.717) is 12.8 Å². The van der Waals surface area contributed by atoms with Crippen LogP contribution in [0.15, 0.2) is 16.6 Å². The molecule has 1 aromatic rings. The minimum absolute atomic E-state index is 0.321. The summed E-state index contributed by atoms with van der Waals surface area (Å²) in [6.45, 7) is 3.28. The Labute approximate surface area is 102 Å². The lowest BCUT2D eigenvalue weighted by Gasteiger charge is -2.25. The third-order valence-corrected chi connectivity index (χ3v) is 3.60. The molecule has 16 heavy (non-hydrogen) atoms. The normalized spacial score (nSPS) is 23.4. The quantitative estimate of drug-likeness (QED) is 0.819. The Morgan fingerprint density at radius 2 is 2.00 bits per heavy atom. The molecule has 2 heterocycles. The zero-order valence-electron chi connectivity index (χ0n) is 8.75. The lowest BCUT2D eigenvalue weighted by atomic mass is 10.0. The van der Waals surface area contributed by atoms with Crippen molar-refractivity contribution in [1.82, 2.24) is 10.6 Å². The van der Waals surface area contributed by atoms with E-state index in [2.05, 4.69) is 32.6 Å².